The zero-order valence-corrected chi connectivity index (χ0v) is 5.77. The van der Waals surface area contributed by atoms with E-state index in [1.165, 1.54) is 0 Å². The summed E-state index contributed by atoms with van der Waals surface area (Å²) in [6.07, 6.45) is 3.39. The number of nitrogens with zero attached hydrogens (tertiary/aromatic N) is 3. The zero-order valence-electron chi connectivity index (χ0n) is 5.77. The molecule has 0 aromatic carbocycles. The van der Waals surface area contributed by atoms with Crippen molar-refractivity contribution in [1.82, 2.24) is 14.6 Å². The molecule has 1 radical (unpaired) electrons. The average molecular weight is 148 g/mol. The van der Waals surface area contributed by atoms with Gasteiger partial charge in [-0.05, 0) is 6.07 Å². The molecule has 0 aliphatic rings. The van der Waals surface area contributed by atoms with Gasteiger partial charge >= 0.3 is 0 Å². The van der Waals surface area contributed by atoms with Gasteiger partial charge in [0, 0.05) is 11.8 Å². The summed E-state index contributed by atoms with van der Waals surface area (Å²) in [4.78, 5) is 0. The fourth-order valence-corrected chi connectivity index (χ4v) is 1.02. The minimum Gasteiger partial charge on any atom is -0.289 e. The lowest BCUT2D eigenvalue weighted by atomic mass is 10.3. The molecule has 2 rings (SSSR count). The summed E-state index contributed by atoms with van der Waals surface area (Å²) < 4.78 is 1.73. The number of fused-ring (bicyclic) bond motifs is 1. The van der Waals surface area contributed by atoms with Crippen LogP contribution in [0.15, 0.2) is 24.7 Å². The highest BCUT2D eigenvalue weighted by Gasteiger charge is 2.00. The van der Waals surface area contributed by atoms with Crippen LogP contribution in [0.2, 0.25) is 0 Å². The van der Waals surface area contributed by atoms with Crippen molar-refractivity contribution in [2.45, 2.75) is 6.61 Å². The highest BCUT2D eigenvalue weighted by molar-refractivity contribution is 5.45. The lowest BCUT2D eigenvalue weighted by Gasteiger charge is -1.94. The highest BCUT2D eigenvalue weighted by Crippen LogP contribution is 2.06. The van der Waals surface area contributed by atoms with E-state index in [1.54, 1.807) is 16.8 Å². The first-order chi connectivity index (χ1) is 5.42. The number of pyridine rings is 1. The Morgan fingerprint density at radius 2 is 2.45 bits per heavy atom. The lowest BCUT2D eigenvalue weighted by molar-refractivity contribution is 0.178. The van der Waals surface area contributed by atoms with Crippen molar-refractivity contribution < 1.29 is 5.11 Å². The van der Waals surface area contributed by atoms with Gasteiger partial charge in [-0.15, -0.1) is 10.2 Å². The maximum atomic E-state index is 10.6. The van der Waals surface area contributed by atoms with Crippen LogP contribution in [0.25, 0.3) is 5.65 Å². The first kappa shape index (κ1) is 6.30. The lowest BCUT2D eigenvalue weighted by Crippen LogP contribution is -1.89. The molecule has 0 aliphatic heterocycles. The molecule has 0 bridgehead atoms. The number of aromatic nitrogens is 3. The van der Waals surface area contributed by atoms with Crippen molar-refractivity contribution in [3.05, 3.63) is 30.2 Å². The van der Waals surface area contributed by atoms with Crippen LogP contribution in [0.4, 0.5) is 0 Å². The Morgan fingerprint density at radius 1 is 1.55 bits per heavy atom. The molecule has 0 saturated heterocycles. The van der Waals surface area contributed by atoms with E-state index in [4.69, 9.17) is 0 Å². The van der Waals surface area contributed by atoms with Crippen molar-refractivity contribution in [1.29, 1.82) is 0 Å². The van der Waals surface area contributed by atoms with Gasteiger partial charge in [-0.1, -0.05) is 6.07 Å². The summed E-state index contributed by atoms with van der Waals surface area (Å²) in [6.45, 7) is -0.247. The summed E-state index contributed by atoms with van der Waals surface area (Å²) in [6, 6.07) is 3.57. The van der Waals surface area contributed by atoms with E-state index in [0.717, 1.165) is 0 Å². The fourth-order valence-electron chi connectivity index (χ4n) is 1.02. The predicted molar refractivity (Wildman–Crippen MR) is 37.4 cm³/mol. The van der Waals surface area contributed by atoms with Gasteiger partial charge in [-0.2, -0.15) is 0 Å². The van der Waals surface area contributed by atoms with E-state index >= 15 is 0 Å². The van der Waals surface area contributed by atoms with Gasteiger partial charge in [0.05, 0.1) is 0 Å². The van der Waals surface area contributed by atoms with Crippen LogP contribution in [0.5, 0.6) is 0 Å². The molecule has 0 unspecified atom stereocenters. The van der Waals surface area contributed by atoms with E-state index in [1.807, 2.05) is 12.3 Å². The Kier molecular flexibility index (Phi) is 1.33. The first-order valence-electron chi connectivity index (χ1n) is 3.27. The molecular weight excluding hydrogens is 142 g/mol. The summed E-state index contributed by atoms with van der Waals surface area (Å²) in [7, 11) is 0. The molecule has 2 aromatic heterocycles. The molecule has 0 atom stereocenters. The zero-order chi connectivity index (χ0) is 7.68. The fraction of sp³-hybridized carbons (Fsp3) is 0.143. The summed E-state index contributed by atoms with van der Waals surface area (Å²) in [5.41, 5.74) is 1.34. The number of hydrogen-bond acceptors (Lipinski definition) is 2. The Hall–Kier alpha value is -1.42. The maximum Gasteiger partial charge on any atom is 0.166 e. The van der Waals surface area contributed by atoms with E-state index in [9.17, 15) is 5.11 Å². The van der Waals surface area contributed by atoms with Gasteiger partial charge in [0.25, 0.3) is 0 Å². The minimum absolute atomic E-state index is 0.247. The maximum absolute atomic E-state index is 10.6. The Labute approximate surface area is 63.1 Å². The van der Waals surface area contributed by atoms with Crippen LogP contribution >= 0.6 is 0 Å². The SMILES string of the molecule is [O]Cc1cccn2cnnc12. The molecule has 0 amide bonds. The summed E-state index contributed by atoms with van der Waals surface area (Å²) in [5.74, 6) is 0. The van der Waals surface area contributed by atoms with Gasteiger partial charge in [0.2, 0.25) is 0 Å². The molecule has 4 heteroatoms. The number of rotatable bonds is 1. The predicted octanol–water partition coefficient (Wildman–Crippen LogP) is 0.660. The second-order valence-corrected chi connectivity index (χ2v) is 2.24. The third kappa shape index (κ3) is 0.877. The van der Waals surface area contributed by atoms with Crippen LogP contribution in [-0.2, 0) is 11.7 Å². The molecule has 2 aromatic rings. The van der Waals surface area contributed by atoms with Gasteiger partial charge in [-0.25, -0.2) is 5.11 Å². The quantitative estimate of drug-likeness (QED) is 0.596. The Morgan fingerprint density at radius 3 is 3.27 bits per heavy atom. The second kappa shape index (κ2) is 2.32. The van der Waals surface area contributed by atoms with Gasteiger partial charge in [0.1, 0.15) is 12.9 Å². The Bertz CT molecular complexity index is 368. The van der Waals surface area contributed by atoms with Crippen molar-refractivity contribution >= 4 is 5.65 Å². The van der Waals surface area contributed by atoms with Crippen molar-refractivity contribution in [3.63, 3.8) is 0 Å². The van der Waals surface area contributed by atoms with E-state index < -0.39 is 0 Å². The topological polar surface area (TPSA) is 50.1 Å². The molecule has 55 valence electrons. The van der Waals surface area contributed by atoms with Gasteiger partial charge in [-0.3, -0.25) is 4.40 Å². The van der Waals surface area contributed by atoms with Crippen LogP contribution in [0.3, 0.4) is 0 Å². The van der Waals surface area contributed by atoms with Crippen molar-refractivity contribution in [2.24, 2.45) is 0 Å². The standard InChI is InChI=1S/C7H6N3O/c11-4-6-2-1-3-10-5-8-9-7(6)10/h1-3,5H,4H2. The molecule has 4 nitrogen and oxygen atoms in total. The number of hydrogen-bond donors (Lipinski definition) is 0. The third-order valence-corrected chi connectivity index (χ3v) is 1.56. The minimum atomic E-state index is -0.247. The van der Waals surface area contributed by atoms with Crippen molar-refractivity contribution in [2.75, 3.05) is 0 Å². The Balaban J connectivity index is 2.79. The second-order valence-electron chi connectivity index (χ2n) is 2.24. The molecule has 0 saturated carbocycles. The average Bonchev–Trinajstić information content (AvgIpc) is 2.50. The smallest absolute Gasteiger partial charge is 0.166 e. The van der Waals surface area contributed by atoms with E-state index in [-0.39, 0.29) is 6.61 Å². The third-order valence-electron chi connectivity index (χ3n) is 1.56. The largest absolute Gasteiger partial charge is 0.289 e. The van der Waals surface area contributed by atoms with Gasteiger partial charge in [0.15, 0.2) is 5.65 Å². The monoisotopic (exact) mass is 148 g/mol. The van der Waals surface area contributed by atoms with Crippen LogP contribution < -0.4 is 0 Å². The summed E-state index contributed by atoms with van der Waals surface area (Å²) >= 11 is 0. The van der Waals surface area contributed by atoms with E-state index in [2.05, 4.69) is 10.2 Å². The van der Waals surface area contributed by atoms with Crippen LogP contribution in [0, 0.1) is 0 Å². The molecule has 0 fully saturated rings. The molecule has 2 heterocycles. The molecule has 0 aliphatic carbocycles. The highest BCUT2D eigenvalue weighted by atomic mass is 16.3. The molecule has 0 N–H and O–H groups in total. The van der Waals surface area contributed by atoms with Crippen LogP contribution in [0.1, 0.15) is 5.56 Å². The molecule has 11 heavy (non-hydrogen) atoms. The van der Waals surface area contributed by atoms with E-state index in [0.29, 0.717) is 11.2 Å². The van der Waals surface area contributed by atoms with Crippen molar-refractivity contribution in [3.8, 4) is 0 Å². The molecule has 0 spiro atoms. The first-order valence-corrected chi connectivity index (χ1v) is 3.27. The van der Waals surface area contributed by atoms with Crippen LogP contribution in [-0.4, -0.2) is 14.6 Å². The summed E-state index contributed by atoms with van der Waals surface area (Å²) in [5, 5.41) is 18.0. The van der Waals surface area contributed by atoms with Gasteiger partial charge < -0.3 is 0 Å². The normalized spacial score (nSPS) is 10.6. The molecular formula is C7H6N3O.